The van der Waals surface area contributed by atoms with E-state index in [0.29, 0.717) is 22.1 Å². The largest absolute Gasteiger partial charge is 0.497 e. The number of hydrogen-bond acceptors (Lipinski definition) is 6. The highest BCUT2D eigenvalue weighted by atomic mass is 32.1. The van der Waals surface area contributed by atoms with E-state index in [1.807, 2.05) is 20.8 Å². The van der Waals surface area contributed by atoms with Gasteiger partial charge in [-0.05, 0) is 57.9 Å². The van der Waals surface area contributed by atoms with Crippen LogP contribution in [-0.4, -0.2) is 52.8 Å². The van der Waals surface area contributed by atoms with Crippen LogP contribution in [0.2, 0.25) is 0 Å². The van der Waals surface area contributed by atoms with Crippen molar-refractivity contribution in [3.8, 4) is 5.75 Å². The fourth-order valence-electron chi connectivity index (χ4n) is 3.04. The second-order valence-electron chi connectivity index (χ2n) is 8.56. The van der Waals surface area contributed by atoms with E-state index < -0.39 is 0 Å². The molecule has 2 aromatic rings. The van der Waals surface area contributed by atoms with E-state index >= 15 is 0 Å². The third-order valence-electron chi connectivity index (χ3n) is 4.55. The van der Waals surface area contributed by atoms with Crippen LogP contribution in [0.25, 0.3) is 0 Å². The molecular formula is C22H28N4O4S. The quantitative estimate of drug-likeness (QED) is 0.652. The average molecular weight is 445 g/mol. The summed E-state index contributed by atoms with van der Waals surface area (Å²) in [5.41, 5.74) is 0.796. The van der Waals surface area contributed by atoms with Gasteiger partial charge in [-0.1, -0.05) is 0 Å². The number of anilines is 1. The molecule has 9 heteroatoms. The molecule has 8 nitrogen and oxygen atoms in total. The molecule has 3 rings (SSSR count). The van der Waals surface area contributed by atoms with Gasteiger partial charge in [0, 0.05) is 22.5 Å². The molecule has 1 aromatic carbocycles. The minimum absolute atomic E-state index is 0.0467. The number of hydrogen-bond donors (Lipinski definition) is 2. The van der Waals surface area contributed by atoms with Crippen LogP contribution in [0.1, 0.15) is 49.7 Å². The fourth-order valence-corrected chi connectivity index (χ4v) is 3.76. The minimum Gasteiger partial charge on any atom is -0.497 e. The van der Waals surface area contributed by atoms with Crippen LogP contribution in [0.4, 0.5) is 5.13 Å². The Balaban J connectivity index is 1.58. The molecule has 0 spiro atoms. The monoisotopic (exact) mass is 444 g/mol. The van der Waals surface area contributed by atoms with Gasteiger partial charge in [-0.3, -0.25) is 14.4 Å². The Labute approximate surface area is 186 Å². The van der Waals surface area contributed by atoms with Gasteiger partial charge in [0.1, 0.15) is 12.3 Å². The molecule has 2 N–H and O–H groups in total. The maximum Gasteiger partial charge on any atom is 0.254 e. The summed E-state index contributed by atoms with van der Waals surface area (Å²) in [7, 11) is 1.57. The number of rotatable bonds is 8. The lowest BCUT2D eigenvalue weighted by Gasteiger charge is -2.21. The third kappa shape index (κ3) is 6.78. The maximum atomic E-state index is 12.9. The molecule has 1 aliphatic rings. The molecule has 0 unspecified atom stereocenters. The minimum atomic E-state index is -0.313. The molecule has 1 aliphatic carbocycles. The van der Waals surface area contributed by atoms with Gasteiger partial charge in [-0.2, -0.15) is 0 Å². The SMILES string of the molecule is COc1ccc(C(=O)N(CC(=O)Nc2nc(CC(=O)NC(C)(C)C)cs2)C2CC2)cc1. The number of nitrogens with one attached hydrogen (secondary N) is 2. The number of thiazole rings is 1. The van der Waals surface area contributed by atoms with Gasteiger partial charge in [0.05, 0.1) is 19.2 Å². The third-order valence-corrected chi connectivity index (χ3v) is 5.36. The number of ether oxygens (including phenoxy) is 1. The predicted molar refractivity (Wildman–Crippen MR) is 119 cm³/mol. The molecule has 0 aliphatic heterocycles. The molecule has 1 heterocycles. The van der Waals surface area contributed by atoms with E-state index in [1.165, 1.54) is 11.3 Å². The zero-order valence-electron chi connectivity index (χ0n) is 18.2. The molecule has 1 saturated carbocycles. The van der Waals surface area contributed by atoms with Gasteiger partial charge in [0.2, 0.25) is 11.8 Å². The summed E-state index contributed by atoms with van der Waals surface area (Å²) in [6, 6.07) is 6.93. The molecule has 31 heavy (non-hydrogen) atoms. The Hall–Kier alpha value is -2.94. The normalized spacial score (nSPS) is 13.4. The van der Waals surface area contributed by atoms with Crippen molar-refractivity contribution in [2.75, 3.05) is 19.0 Å². The zero-order valence-corrected chi connectivity index (χ0v) is 19.0. The van der Waals surface area contributed by atoms with Gasteiger partial charge in [0.25, 0.3) is 5.91 Å². The van der Waals surface area contributed by atoms with Gasteiger partial charge in [-0.25, -0.2) is 4.98 Å². The zero-order chi connectivity index (χ0) is 22.6. The average Bonchev–Trinajstić information content (AvgIpc) is 3.45. The Bertz CT molecular complexity index is 945. The van der Waals surface area contributed by atoms with Crippen LogP contribution in [-0.2, 0) is 16.0 Å². The Morgan fingerprint density at radius 2 is 1.84 bits per heavy atom. The lowest BCUT2D eigenvalue weighted by molar-refractivity contribution is -0.122. The van der Waals surface area contributed by atoms with E-state index in [-0.39, 0.29) is 42.3 Å². The highest BCUT2D eigenvalue weighted by molar-refractivity contribution is 7.13. The van der Waals surface area contributed by atoms with Crippen LogP contribution in [0.5, 0.6) is 5.75 Å². The first-order valence-electron chi connectivity index (χ1n) is 10.1. The number of carbonyl (C=O) groups excluding carboxylic acids is 3. The maximum absolute atomic E-state index is 12.9. The Kier molecular flexibility index (Phi) is 6.94. The molecule has 0 bridgehead atoms. The number of aromatic nitrogens is 1. The summed E-state index contributed by atoms with van der Waals surface area (Å²) in [4.78, 5) is 43.4. The first-order chi connectivity index (χ1) is 14.6. The molecule has 0 atom stereocenters. The van der Waals surface area contributed by atoms with Gasteiger partial charge in [-0.15, -0.1) is 11.3 Å². The van der Waals surface area contributed by atoms with Crippen LogP contribution >= 0.6 is 11.3 Å². The van der Waals surface area contributed by atoms with E-state index in [2.05, 4.69) is 15.6 Å². The van der Waals surface area contributed by atoms with Crippen LogP contribution in [0.3, 0.4) is 0 Å². The van der Waals surface area contributed by atoms with Crippen molar-refractivity contribution in [1.82, 2.24) is 15.2 Å². The first-order valence-corrected chi connectivity index (χ1v) is 11.0. The van der Waals surface area contributed by atoms with E-state index in [1.54, 1.807) is 41.7 Å². The summed E-state index contributed by atoms with van der Waals surface area (Å²) in [6.45, 7) is 5.69. The van der Waals surface area contributed by atoms with Gasteiger partial charge < -0.3 is 20.3 Å². The Morgan fingerprint density at radius 3 is 2.42 bits per heavy atom. The molecular weight excluding hydrogens is 416 g/mol. The molecule has 1 aromatic heterocycles. The van der Waals surface area contributed by atoms with Crippen LogP contribution in [0, 0.1) is 0 Å². The number of methoxy groups -OCH3 is 1. The van der Waals surface area contributed by atoms with E-state index in [0.717, 1.165) is 12.8 Å². The molecule has 1 fully saturated rings. The van der Waals surface area contributed by atoms with E-state index in [9.17, 15) is 14.4 Å². The van der Waals surface area contributed by atoms with Crippen molar-refractivity contribution in [3.63, 3.8) is 0 Å². The summed E-state index contributed by atoms with van der Waals surface area (Å²) < 4.78 is 5.13. The molecule has 3 amide bonds. The summed E-state index contributed by atoms with van der Waals surface area (Å²) in [5, 5.41) is 7.79. The Morgan fingerprint density at radius 1 is 1.16 bits per heavy atom. The molecule has 0 radical (unpaired) electrons. The highest BCUT2D eigenvalue weighted by Gasteiger charge is 2.34. The van der Waals surface area contributed by atoms with Crippen LogP contribution in [0.15, 0.2) is 29.6 Å². The first kappa shape index (κ1) is 22.7. The number of nitrogens with zero attached hydrogens (tertiary/aromatic N) is 2. The summed E-state index contributed by atoms with van der Waals surface area (Å²) in [6.07, 6.45) is 1.92. The number of amides is 3. The second-order valence-corrected chi connectivity index (χ2v) is 9.42. The van der Waals surface area contributed by atoms with Crippen LogP contribution < -0.4 is 15.4 Å². The molecule has 0 saturated heterocycles. The lowest BCUT2D eigenvalue weighted by Crippen LogP contribution is -2.41. The molecule has 166 valence electrons. The van der Waals surface area contributed by atoms with Crippen molar-refractivity contribution in [3.05, 3.63) is 40.9 Å². The highest BCUT2D eigenvalue weighted by Crippen LogP contribution is 2.28. The van der Waals surface area contributed by atoms with Crippen molar-refractivity contribution in [2.24, 2.45) is 0 Å². The lowest BCUT2D eigenvalue weighted by atomic mass is 10.1. The number of benzene rings is 1. The second kappa shape index (κ2) is 9.47. The van der Waals surface area contributed by atoms with Crippen molar-refractivity contribution < 1.29 is 19.1 Å². The summed E-state index contributed by atoms with van der Waals surface area (Å²) >= 11 is 1.26. The van der Waals surface area contributed by atoms with Crippen molar-refractivity contribution >= 4 is 34.2 Å². The number of carbonyl (C=O) groups is 3. The van der Waals surface area contributed by atoms with Crippen molar-refractivity contribution in [1.29, 1.82) is 0 Å². The van der Waals surface area contributed by atoms with Gasteiger partial charge in [0.15, 0.2) is 5.13 Å². The standard InChI is InChI=1S/C22H28N4O4S/c1-22(2,3)25-18(27)11-15-13-31-21(23-15)24-19(28)12-26(16-7-8-16)20(29)14-5-9-17(30-4)10-6-14/h5-6,9-10,13,16H,7-8,11-12H2,1-4H3,(H,25,27)(H,23,24,28). The van der Waals surface area contributed by atoms with E-state index in [4.69, 9.17) is 4.74 Å². The summed E-state index contributed by atoms with van der Waals surface area (Å²) in [5.74, 6) is 0.0523. The predicted octanol–water partition coefficient (Wildman–Crippen LogP) is 2.85. The topological polar surface area (TPSA) is 101 Å². The van der Waals surface area contributed by atoms with Gasteiger partial charge >= 0.3 is 0 Å². The van der Waals surface area contributed by atoms with Crippen molar-refractivity contribution in [2.45, 2.75) is 51.6 Å². The smallest absolute Gasteiger partial charge is 0.254 e. The fraction of sp³-hybridized carbons (Fsp3) is 0.455.